The number of ketones is 1. The van der Waals surface area contributed by atoms with Crippen molar-refractivity contribution in [2.45, 2.75) is 19.3 Å². The van der Waals surface area contributed by atoms with Crippen molar-refractivity contribution >= 4 is 11.7 Å². The van der Waals surface area contributed by atoms with E-state index < -0.39 is 5.92 Å². The highest BCUT2D eigenvalue weighted by Crippen LogP contribution is 2.21. The standard InChI is InChI=1S/C14H16N2O2/c1-2-16-10-6-4-7-11(14(16)18)13(17)12-8-3-5-9-15-12/h2-3,5,8-9,11H,1,4,6-7,10H2. The lowest BCUT2D eigenvalue weighted by atomic mass is 9.95. The minimum Gasteiger partial charge on any atom is -0.319 e. The highest BCUT2D eigenvalue weighted by atomic mass is 16.2. The molecule has 94 valence electrons. The van der Waals surface area contributed by atoms with Crippen molar-refractivity contribution in [3.8, 4) is 0 Å². The van der Waals surface area contributed by atoms with Gasteiger partial charge in [0.15, 0.2) is 5.78 Å². The zero-order valence-corrected chi connectivity index (χ0v) is 10.2. The normalized spacial score (nSPS) is 20.3. The maximum atomic E-state index is 12.3. The van der Waals surface area contributed by atoms with Gasteiger partial charge >= 0.3 is 0 Å². The van der Waals surface area contributed by atoms with Crippen LogP contribution in [0, 0.1) is 5.92 Å². The molecule has 2 rings (SSSR count). The van der Waals surface area contributed by atoms with Crippen LogP contribution < -0.4 is 0 Å². The number of carbonyl (C=O) groups excluding carboxylic acids is 2. The van der Waals surface area contributed by atoms with Gasteiger partial charge in [0.25, 0.3) is 0 Å². The van der Waals surface area contributed by atoms with Gasteiger partial charge in [0.2, 0.25) is 5.91 Å². The van der Waals surface area contributed by atoms with Crippen LogP contribution in [0.3, 0.4) is 0 Å². The van der Waals surface area contributed by atoms with Crippen LogP contribution in [0.25, 0.3) is 0 Å². The summed E-state index contributed by atoms with van der Waals surface area (Å²) in [4.78, 5) is 30.0. The molecule has 4 heteroatoms. The van der Waals surface area contributed by atoms with E-state index in [0.717, 1.165) is 12.8 Å². The summed E-state index contributed by atoms with van der Waals surface area (Å²) >= 11 is 0. The molecule has 18 heavy (non-hydrogen) atoms. The van der Waals surface area contributed by atoms with Gasteiger partial charge < -0.3 is 4.90 Å². The fourth-order valence-electron chi connectivity index (χ4n) is 2.18. The molecule has 0 aromatic carbocycles. The van der Waals surface area contributed by atoms with Crippen molar-refractivity contribution in [3.05, 3.63) is 42.9 Å². The third-order valence-electron chi connectivity index (χ3n) is 3.18. The lowest BCUT2D eigenvalue weighted by molar-refractivity contribution is -0.130. The van der Waals surface area contributed by atoms with Crippen LogP contribution in [-0.2, 0) is 4.79 Å². The molecular weight excluding hydrogens is 228 g/mol. The molecule has 4 nitrogen and oxygen atoms in total. The van der Waals surface area contributed by atoms with E-state index in [-0.39, 0.29) is 11.7 Å². The van der Waals surface area contributed by atoms with Gasteiger partial charge in [-0.25, -0.2) is 0 Å². The summed E-state index contributed by atoms with van der Waals surface area (Å²) in [5.41, 5.74) is 0.363. The van der Waals surface area contributed by atoms with Gasteiger partial charge in [-0.3, -0.25) is 14.6 Å². The lowest BCUT2D eigenvalue weighted by Gasteiger charge is -2.19. The van der Waals surface area contributed by atoms with Crippen molar-refractivity contribution in [2.75, 3.05) is 6.54 Å². The van der Waals surface area contributed by atoms with E-state index >= 15 is 0 Å². The minimum atomic E-state index is -0.611. The SMILES string of the molecule is C=CN1CCCCC(C(=O)c2ccccn2)C1=O. The molecule has 1 aromatic heterocycles. The average Bonchev–Trinajstić information content (AvgIpc) is 2.60. The highest BCUT2D eigenvalue weighted by Gasteiger charge is 2.32. The molecule has 0 N–H and O–H groups in total. The summed E-state index contributed by atoms with van der Waals surface area (Å²) in [7, 11) is 0. The first-order chi connectivity index (χ1) is 8.74. The van der Waals surface area contributed by atoms with Gasteiger partial charge in [0.05, 0.1) is 0 Å². The fourth-order valence-corrected chi connectivity index (χ4v) is 2.18. The van der Waals surface area contributed by atoms with Crippen LogP contribution in [-0.4, -0.2) is 28.1 Å². The second kappa shape index (κ2) is 5.58. The number of likely N-dealkylation sites (tertiary alicyclic amines) is 1. The van der Waals surface area contributed by atoms with Crippen molar-refractivity contribution in [2.24, 2.45) is 5.92 Å². The molecule has 2 heterocycles. The summed E-state index contributed by atoms with van der Waals surface area (Å²) in [5.74, 6) is -0.951. The Kier molecular flexibility index (Phi) is 3.87. The lowest BCUT2D eigenvalue weighted by Crippen LogP contribution is -2.35. The highest BCUT2D eigenvalue weighted by molar-refractivity contribution is 6.09. The van der Waals surface area contributed by atoms with Crippen LogP contribution in [0.5, 0.6) is 0 Å². The van der Waals surface area contributed by atoms with Gasteiger partial charge in [-0.05, 0) is 31.2 Å². The number of hydrogen-bond acceptors (Lipinski definition) is 3. The number of hydrogen-bond donors (Lipinski definition) is 0. The first-order valence-electron chi connectivity index (χ1n) is 6.12. The average molecular weight is 244 g/mol. The topological polar surface area (TPSA) is 50.3 Å². The molecule has 1 saturated heterocycles. The molecule has 1 amide bonds. The van der Waals surface area contributed by atoms with E-state index in [1.165, 1.54) is 6.20 Å². The number of pyridine rings is 1. The summed E-state index contributed by atoms with van der Waals surface area (Å²) in [5, 5.41) is 0. The summed E-state index contributed by atoms with van der Waals surface area (Å²) in [6, 6.07) is 5.16. The molecule has 1 aliphatic rings. The van der Waals surface area contributed by atoms with Gasteiger partial charge in [-0.15, -0.1) is 0 Å². The summed E-state index contributed by atoms with van der Waals surface area (Å²) in [6.07, 6.45) is 5.45. The number of amides is 1. The van der Waals surface area contributed by atoms with Crippen LogP contribution in [0.2, 0.25) is 0 Å². The molecular formula is C14H16N2O2. The first kappa shape index (κ1) is 12.5. The van der Waals surface area contributed by atoms with E-state index in [1.807, 2.05) is 0 Å². The van der Waals surface area contributed by atoms with Crippen molar-refractivity contribution in [1.29, 1.82) is 0 Å². The predicted octanol–water partition coefficient (Wildman–Crippen LogP) is 2.04. The van der Waals surface area contributed by atoms with E-state index in [0.29, 0.717) is 18.7 Å². The number of aromatic nitrogens is 1. The molecule has 1 fully saturated rings. The molecule has 1 aliphatic heterocycles. The largest absolute Gasteiger partial charge is 0.319 e. The Hall–Kier alpha value is -1.97. The third-order valence-corrected chi connectivity index (χ3v) is 3.18. The second-order valence-electron chi connectivity index (χ2n) is 4.34. The van der Waals surface area contributed by atoms with Gasteiger partial charge in [-0.1, -0.05) is 19.1 Å². The molecule has 0 spiro atoms. The fraction of sp³-hybridized carbons (Fsp3) is 0.357. The van der Waals surface area contributed by atoms with Crippen molar-refractivity contribution < 1.29 is 9.59 Å². The zero-order chi connectivity index (χ0) is 13.0. The Bertz CT molecular complexity index is 456. The Morgan fingerprint density at radius 1 is 1.44 bits per heavy atom. The number of rotatable bonds is 3. The van der Waals surface area contributed by atoms with Crippen LogP contribution in [0.4, 0.5) is 0 Å². The van der Waals surface area contributed by atoms with Crippen LogP contribution in [0.1, 0.15) is 29.8 Å². The maximum absolute atomic E-state index is 12.3. The predicted molar refractivity (Wildman–Crippen MR) is 67.8 cm³/mol. The Morgan fingerprint density at radius 3 is 2.94 bits per heavy atom. The van der Waals surface area contributed by atoms with E-state index in [4.69, 9.17) is 0 Å². The summed E-state index contributed by atoms with van der Waals surface area (Å²) in [6.45, 7) is 4.27. The van der Waals surface area contributed by atoms with E-state index in [9.17, 15) is 9.59 Å². The van der Waals surface area contributed by atoms with Crippen LogP contribution in [0.15, 0.2) is 37.2 Å². The van der Waals surface area contributed by atoms with Crippen LogP contribution >= 0.6 is 0 Å². The van der Waals surface area contributed by atoms with Gasteiger partial charge in [0.1, 0.15) is 11.6 Å². The minimum absolute atomic E-state index is 0.154. The molecule has 0 bridgehead atoms. The zero-order valence-electron chi connectivity index (χ0n) is 10.2. The Labute approximate surface area is 106 Å². The van der Waals surface area contributed by atoms with E-state index in [2.05, 4.69) is 11.6 Å². The van der Waals surface area contributed by atoms with E-state index in [1.54, 1.807) is 29.3 Å². The first-order valence-corrected chi connectivity index (χ1v) is 6.12. The van der Waals surface area contributed by atoms with Crippen molar-refractivity contribution in [1.82, 2.24) is 9.88 Å². The molecule has 1 aromatic rings. The van der Waals surface area contributed by atoms with Crippen molar-refractivity contribution in [3.63, 3.8) is 0 Å². The maximum Gasteiger partial charge on any atom is 0.237 e. The quantitative estimate of drug-likeness (QED) is 0.604. The molecule has 0 aliphatic carbocycles. The van der Waals surface area contributed by atoms with Gasteiger partial charge in [0, 0.05) is 12.7 Å². The smallest absolute Gasteiger partial charge is 0.237 e. The number of nitrogens with zero attached hydrogens (tertiary/aromatic N) is 2. The third kappa shape index (κ3) is 2.47. The molecule has 0 radical (unpaired) electrons. The second-order valence-corrected chi connectivity index (χ2v) is 4.34. The number of Topliss-reactive ketones (excluding diaryl/α,β-unsaturated/α-hetero) is 1. The Balaban J connectivity index is 2.23. The molecule has 1 atom stereocenters. The molecule has 1 unspecified atom stereocenters. The monoisotopic (exact) mass is 244 g/mol. The Morgan fingerprint density at radius 2 is 2.28 bits per heavy atom. The van der Waals surface area contributed by atoms with Gasteiger partial charge in [-0.2, -0.15) is 0 Å². The molecule has 0 saturated carbocycles. The number of carbonyl (C=O) groups is 2. The summed E-state index contributed by atoms with van der Waals surface area (Å²) < 4.78 is 0.